The van der Waals surface area contributed by atoms with Gasteiger partial charge in [-0.15, -0.1) is 11.3 Å². The van der Waals surface area contributed by atoms with E-state index in [9.17, 15) is 4.79 Å². The smallest absolute Gasteiger partial charge is 0.265 e. The van der Waals surface area contributed by atoms with Crippen molar-refractivity contribution in [1.29, 1.82) is 0 Å². The van der Waals surface area contributed by atoms with Crippen LogP contribution in [-0.4, -0.2) is 32.7 Å². The van der Waals surface area contributed by atoms with Gasteiger partial charge in [-0.2, -0.15) is 0 Å². The predicted octanol–water partition coefficient (Wildman–Crippen LogP) is 3.15. The Balaban J connectivity index is 1.70. The van der Waals surface area contributed by atoms with Gasteiger partial charge in [-0.25, -0.2) is 0 Å². The van der Waals surface area contributed by atoms with E-state index < -0.39 is 0 Å². The van der Waals surface area contributed by atoms with Gasteiger partial charge in [0.15, 0.2) is 0 Å². The van der Waals surface area contributed by atoms with Crippen LogP contribution in [0.15, 0.2) is 36.4 Å². The fourth-order valence-electron chi connectivity index (χ4n) is 2.84. The predicted molar refractivity (Wildman–Crippen MR) is 94.2 cm³/mol. The molecule has 1 fully saturated rings. The number of thiophene rings is 1. The van der Waals surface area contributed by atoms with Crippen LogP contribution in [0.4, 0.5) is 0 Å². The second kappa shape index (κ2) is 7.62. The number of rotatable bonds is 5. The van der Waals surface area contributed by atoms with Crippen molar-refractivity contribution in [2.45, 2.75) is 12.8 Å². The van der Waals surface area contributed by atoms with Gasteiger partial charge in [-0.1, -0.05) is 30.3 Å². The highest BCUT2D eigenvalue weighted by molar-refractivity contribution is 7.17. The maximum absolute atomic E-state index is 12.5. The first-order valence-electron chi connectivity index (χ1n) is 8.00. The molecule has 2 aromatic rings. The third kappa shape index (κ3) is 3.92. The Labute approximate surface area is 140 Å². The molecule has 0 spiro atoms. The molecule has 0 saturated carbocycles. The van der Waals surface area contributed by atoms with Crippen molar-refractivity contribution in [3.05, 3.63) is 41.3 Å². The lowest BCUT2D eigenvalue weighted by atomic mass is 10.00. The lowest BCUT2D eigenvalue weighted by Gasteiger charge is -2.22. The molecule has 1 aliphatic heterocycles. The number of piperidine rings is 1. The molecule has 3 rings (SSSR count). The van der Waals surface area contributed by atoms with Crippen LogP contribution in [0.3, 0.4) is 0 Å². The Morgan fingerprint density at radius 1 is 1.39 bits per heavy atom. The number of hydrogen-bond donors (Lipinski definition) is 2. The van der Waals surface area contributed by atoms with Crippen molar-refractivity contribution in [2.24, 2.45) is 5.92 Å². The molecule has 0 aliphatic carbocycles. The van der Waals surface area contributed by atoms with Crippen LogP contribution < -0.4 is 15.4 Å². The van der Waals surface area contributed by atoms with Gasteiger partial charge in [0.05, 0.1) is 7.11 Å². The van der Waals surface area contributed by atoms with Crippen molar-refractivity contribution < 1.29 is 9.53 Å². The highest BCUT2D eigenvalue weighted by Gasteiger charge is 2.20. The molecule has 23 heavy (non-hydrogen) atoms. The van der Waals surface area contributed by atoms with Crippen molar-refractivity contribution in [1.82, 2.24) is 10.6 Å². The molecule has 4 nitrogen and oxygen atoms in total. The van der Waals surface area contributed by atoms with E-state index in [1.165, 1.54) is 24.2 Å². The monoisotopic (exact) mass is 330 g/mol. The number of carbonyl (C=O) groups is 1. The Hall–Kier alpha value is -1.85. The van der Waals surface area contributed by atoms with E-state index in [0.717, 1.165) is 23.5 Å². The molecule has 1 saturated heterocycles. The van der Waals surface area contributed by atoms with Crippen molar-refractivity contribution in [3.8, 4) is 16.2 Å². The van der Waals surface area contributed by atoms with Crippen LogP contribution in [-0.2, 0) is 0 Å². The fraction of sp³-hybridized carbons (Fsp3) is 0.389. The van der Waals surface area contributed by atoms with Gasteiger partial charge in [-0.05, 0) is 43.5 Å². The largest absolute Gasteiger partial charge is 0.495 e. The summed E-state index contributed by atoms with van der Waals surface area (Å²) in [5.74, 6) is 1.12. The molecule has 122 valence electrons. The van der Waals surface area contributed by atoms with Crippen LogP contribution in [0.5, 0.6) is 5.75 Å². The van der Waals surface area contributed by atoms with E-state index in [1.807, 2.05) is 36.4 Å². The molecule has 2 heterocycles. The van der Waals surface area contributed by atoms with Crippen LogP contribution in [0.1, 0.15) is 22.5 Å². The second-order valence-corrected chi connectivity index (χ2v) is 6.85. The topological polar surface area (TPSA) is 50.4 Å². The van der Waals surface area contributed by atoms with Gasteiger partial charge < -0.3 is 15.4 Å². The number of carbonyl (C=O) groups excluding carboxylic acids is 1. The summed E-state index contributed by atoms with van der Waals surface area (Å²) in [6, 6.07) is 12.0. The minimum atomic E-state index is -0.0420. The molecule has 1 aromatic carbocycles. The summed E-state index contributed by atoms with van der Waals surface area (Å²) in [4.78, 5) is 14.2. The van der Waals surface area contributed by atoms with Crippen molar-refractivity contribution in [3.63, 3.8) is 0 Å². The van der Waals surface area contributed by atoms with Gasteiger partial charge in [0.2, 0.25) is 0 Å². The lowest BCUT2D eigenvalue weighted by Crippen LogP contribution is -2.37. The minimum absolute atomic E-state index is 0.0420. The summed E-state index contributed by atoms with van der Waals surface area (Å²) in [5, 5.41) is 6.43. The highest BCUT2D eigenvalue weighted by Crippen LogP contribution is 2.36. The highest BCUT2D eigenvalue weighted by atomic mass is 32.1. The lowest BCUT2D eigenvalue weighted by molar-refractivity contribution is 0.0946. The van der Waals surface area contributed by atoms with E-state index in [1.54, 1.807) is 7.11 Å². The first-order chi connectivity index (χ1) is 11.3. The summed E-state index contributed by atoms with van der Waals surface area (Å²) in [6.07, 6.45) is 2.35. The van der Waals surface area contributed by atoms with Crippen LogP contribution in [0.2, 0.25) is 0 Å². The Morgan fingerprint density at radius 2 is 2.22 bits per heavy atom. The Kier molecular flexibility index (Phi) is 5.31. The quantitative estimate of drug-likeness (QED) is 0.885. The van der Waals surface area contributed by atoms with Crippen LogP contribution in [0, 0.1) is 5.92 Å². The van der Waals surface area contributed by atoms with Gasteiger partial charge in [-0.3, -0.25) is 4.79 Å². The average molecular weight is 330 g/mol. The minimum Gasteiger partial charge on any atom is -0.495 e. The molecular formula is C18H22N2O2S. The molecule has 5 heteroatoms. The summed E-state index contributed by atoms with van der Waals surface area (Å²) in [6.45, 7) is 2.79. The second-order valence-electron chi connectivity index (χ2n) is 5.80. The van der Waals surface area contributed by atoms with Crippen LogP contribution in [0.25, 0.3) is 10.4 Å². The number of nitrogens with one attached hydrogen (secondary N) is 2. The number of hydrogen-bond acceptors (Lipinski definition) is 4. The molecule has 1 aromatic heterocycles. The Morgan fingerprint density at radius 3 is 2.91 bits per heavy atom. The number of methoxy groups -OCH3 is 1. The van der Waals surface area contributed by atoms with E-state index in [2.05, 4.69) is 10.6 Å². The zero-order valence-electron chi connectivity index (χ0n) is 13.3. The first-order valence-corrected chi connectivity index (χ1v) is 8.81. The number of amides is 1. The molecule has 1 atom stereocenters. The zero-order chi connectivity index (χ0) is 16.1. The summed E-state index contributed by atoms with van der Waals surface area (Å²) in [5.41, 5.74) is 1.10. The molecule has 1 amide bonds. The zero-order valence-corrected chi connectivity index (χ0v) is 14.1. The normalized spacial score (nSPS) is 17.7. The SMILES string of the molecule is COc1cc(-c2ccccc2)sc1C(=O)NCC1CCCNC1. The maximum atomic E-state index is 12.5. The van der Waals surface area contributed by atoms with Gasteiger partial charge in [0.25, 0.3) is 5.91 Å². The third-order valence-corrected chi connectivity index (χ3v) is 5.30. The summed E-state index contributed by atoms with van der Waals surface area (Å²) < 4.78 is 5.40. The fourth-order valence-corrected chi connectivity index (χ4v) is 3.89. The third-order valence-electron chi connectivity index (χ3n) is 4.13. The van der Waals surface area contributed by atoms with Gasteiger partial charge in [0.1, 0.15) is 10.6 Å². The van der Waals surface area contributed by atoms with E-state index in [4.69, 9.17) is 4.74 Å². The van der Waals surface area contributed by atoms with E-state index in [0.29, 0.717) is 23.1 Å². The summed E-state index contributed by atoms with van der Waals surface area (Å²) >= 11 is 1.48. The van der Waals surface area contributed by atoms with Crippen molar-refractivity contribution >= 4 is 17.2 Å². The average Bonchev–Trinajstić information content (AvgIpc) is 3.06. The Bertz CT molecular complexity index is 648. The molecule has 1 aliphatic rings. The maximum Gasteiger partial charge on any atom is 0.265 e. The van der Waals surface area contributed by atoms with E-state index in [-0.39, 0.29) is 5.91 Å². The van der Waals surface area contributed by atoms with Crippen molar-refractivity contribution in [2.75, 3.05) is 26.7 Å². The molecular weight excluding hydrogens is 308 g/mol. The standard InChI is InChI=1S/C18H22N2O2S/c1-22-15-10-16(14-7-3-2-4-8-14)23-17(15)18(21)20-12-13-6-5-9-19-11-13/h2-4,7-8,10,13,19H,5-6,9,11-12H2,1H3,(H,20,21). The van der Waals surface area contributed by atoms with Gasteiger partial charge in [0, 0.05) is 11.4 Å². The first kappa shape index (κ1) is 16.0. The van der Waals surface area contributed by atoms with Crippen LogP contribution >= 0.6 is 11.3 Å². The molecule has 1 unspecified atom stereocenters. The molecule has 0 radical (unpaired) electrons. The molecule has 2 N–H and O–H groups in total. The summed E-state index contributed by atoms with van der Waals surface area (Å²) in [7, 11) is 1.61. The number of benzene rings is 1. The van der Waals surface area contributed by atoms with E-state index >= 15 is 0 Å². The van der Waals surface area contributed by atoms with Gasteiger partial charge >= 0.3 is 0 Å². The number of ether oxygens (including phenoxy) is 1. The molecule has 0 bridgehead atoms.